The number of rotatable bonds is 2. The molecule has 70 valence electrons. The predicted octanol–water partition coefficient (Wildman–Crippen LogP) is 3.65. The summed E-state index contributed by atoms with van der Waals surface area (Å²) in [4.78, 5) is 0. The lowest BCUT2D eigenvalue weighted by Crippen LogP contribution is -1.87. The van der Waals surface area contributed by atoms with Crippen molar-refractivity contribution in [1.82, 2.24) is 0 Å². The van der Waals surface area contributed by atoms with Crippen LogP contribution in [0.15, 0.2) is 18.2 Å². The first kappa shape index (κ1) is 9.08. The molecule has 2 rings (SSSR count). The van der Waals surface area contributed by atoms with Gasteiger partial charge in [0.1, 0.15) is 0 Å². The average Bonchev–Trinajstić information content (AvgIpc) is 2.88. The normalized spacial score (nSPS) is 26.1. The van der Waals surface area contributed by atoms with Crippen molar-refractivity contribution in [2.24, 2.45) is 5.92 Å². The molecule has 0 N–H and O–H groups in total. The van der Waals surface area contributed by atoms with Gasteiger partial charge in [-0.15, -0.1) is 11.6 Å². The van der Waals surface area contributed by atoms with Crippen LogP contribution in [-0.2, 0) is 0 Å². The van der Waals surface area contributed by atoms with E-state index in [0.717, 1.165) is 17.7 Å². The number of hydrogen-bond acceptors (Lipinski definition) is 0. The highest BCUT2D eigenvalue weighted by Gasteiger charge is 2.37. The Morgan fingerprint density at radius 2 is 2.08 bits per heavy atom. The summed E-state index contributed by atoms with van der Waals surface area (Å²) in [5, 5.41) is 0. The van der Waals surface area contributed by atoms with Crippen LogP contribution in [0.3, 0.4) is 0 Å². The Morgan fingerprint density at radius 1 is 1.31 bits per heavy atom. The fourth-order valence-electron chi connectivity index (χ4n) is 1.82. The largest absolute Gasteiger partial charge is 0.126 e. The quantitative estimate of drug-likeness (QED) is 0.631. The zero-order chi connectivity index (χ0) is 9.42. The van der Waals surface area contributed by atoms with Crippen LogP contribution in [0, 0.1) is 19.8 Å². The highest BCUT2D eigenvalue weighted by Crippen LogP contribution is 2.48. The molecule has 1 aromatic rings. The van der Waals surface area contributed by atoms with Crippen LogP contribution in [0.4, 0.5) is 0 Å². The Morgan fingerprint density at radius 3 is 2.62 bits per heavy atom. The summed E-state index contributed by atoms with van der Waals surface area (Å²) in [6, 6.07) is 6.78. The zero-order valence-electron chi connectivity index (χ0n) is 8.18. The van der Waals surface area contributed by atoms with Gasteiger partial charge in [0.2, 0.25) is 0 Å². The lowest BCUT2D eigenvalue weighted by Gasteiger charge is -2.03. The summed E-state index contributed by atoms with van der Waals surface area (Å²) >= 11 is 5.81. The van der Waals surface area contributed by atoms with E-state index in [0.29, 0.717) is 0 Å². The van der Waals surface area contributed by atoms with Gasteiger partial charge in [0.25, 0.3) is 0 Å². The molecule has 2 atom stereocenters. The van der Waals surface area contributed by atoms with Gasteiger partial charge in [-0.1, -0.05) is 18.2 Å². The molecule has 1 heteroatoms. The minimum Gasteiger partial charge on any atom is -0.126 e. The van der Waals surface area contributed by atoms with Crippen molar-refractivity contribution in [1.29, 1.82) is 0 Å². The van der Waals surface area contributed by atoms with Gasteiger partial charge in [-0.3, -0.25) is 0 Å². The van der Waals surface area contributed by atoms with Crippen LogP contribution < -0.4 is 0 Å². The molecule has 0 aliphatic heterocycles. The molecular weight excluding hydrogens is 180 g/mol. The molecule has 0 heterocycles. The van der Waals surface area contributed by atoms with Gasteiger partial charge in [0.15, 0.2) is 0 Å². The number of halogens is 1. The number of alkyl halides is 1. The molecule has 1 aromatic carbocycles. The van der Waals surface area contributed by atoms with Crippen LogP contribution in [0.5, 0.6) is 0 Å². The van der Waals surface area contributed by atoms with Gasteiger partial charge in [0.05, 0.1) is 0 Å². The van der Waals surface area contributed by atoms with E-state index in [1.54, 1.807) is 0 Å². The van der Waals surface area contributed by atoms with Crippen molar-refractivity contribution in [2.45, 2.75) is 26.2 Å². The molecule has 0 radical (unpaired) electrons. The molecule has 0 spiro atoms. The third-order valence-corrected chi connectivity index (χ3v) is 3.48. The van der Waals surface area contributed by atoms with Crippen LogP contribution in [0.25, 0.3) is 0 Å². The SMILES string of the molecule is Cc1ccc(C2CC2CCl)cc1C. The first-order chi connectivity index (χ1) is 6.22. The van der Waals surface area contributed by atoms with Crippen molar-refractivity contribution in [3.8, 4) is 0 Å². The summed E-state index contributed by atoms with van der Waals surface area (Å²) in [6.07, 6.45) is 1.28. The molecule has 0 bridgehead atoms. The van der Waals surface area contributed by atoms with E-state index in [1.807, 2.05) is 0 Å². The lowest BCUT2D eigenvalue weighted by atomic mass is 10.0. The molecule has 0 amide bonds. The molecule has 0 saturated heterocycles. The molecule has 1 aliphatic carbocycles. The highest BCUT2D eigenvalue weighted by molar-refractivity contribution is 6.18. The maximum atomic E-state index is 5.81. The maximum absolute atomic E-state index is 5.81. The molecule has 2 unspecified atom stereocenters. The summed E-state index contributed by atoms with van der Waals surface area (Å²) in [5.41, 5.74) is 4.26. The van der Waals surface area contributed by atoms with Gasteiger partial charge in [-0.2, -0.15) is 0 Å². The topological polar surface area (TPSA) is 0 Å². The standard InChI is InChI=1S/C12H15Cl/c1-8-3-4-10(5-9(8)2)12-6-11(12)7-13/h3-5,11-12H,6-7H2,1-2H3. The van der Waals surface area contributed by atoms with Crippen LogP contribution >= 0.6 is 11.6 Å². The Bertz CT molecular complexity index is 317. The van der Waals surface area contributed by atoms with Crippen molar-refractivity contribution in [2.75, 3.05) is 5.88 Å². The second-order valence-electron chi connectivity index (χ2n) is 4.10. The van der Waals surface area contributed by atoms with E-state index < -0.39 is 0 Å². The minimum absolute atomic E-state index is 0.740. The molecule has 1 saturated carbocycles. The predicted molar refractivity (Wildman–Crippen MR) is 57.5 cm³/mol. The van der Waals surface area contributed by atoms with Crippen molar-refractivity contribution in [3.63, 3.8) is 0 Å². The van der Waals surface area contributed by atoms with E-state index in [4.69, 9.17) is 11.6 Å². The molecule has 0 aromatic heterocycles. The van der Waals surface area contributed by atoms with Crippen LogP contribution in [-0.4, -0.2) is 5.88 Å². The smallest absolute Gasteiger partial charge is 0.0257 e. The molecule has 1 aliphatic rings. The zero-order valence-corrected chi connectivity index (χ0v) is 8.93. The van der Waals surface area contributed by atoms with Gasteiger partial charge < -0.3 is 0 Å². The first-order valence-electron chi connectivity index (χ1n) is 4.85. The van der Waals surface area contributed by atoms with E-state index in [2.05, 4.69) is 32.0 Å². The monoisotopic (exact) mass is 194 g/mol. The van der Waals surface area contributed by atoms with Gasteiger partial charge >= 0.3 is 0 Å². The number of aryl methyl sites for hydroxylation is 2. The fourth-order valence-corrected chi connectivity index (χ4v) is 2.16. The highest BCUT2D eigenvalue weighted by atomic mass is 35.5. The Hall–Kier alpha value is -0.490. The average molecular weight is 195 g/mol. The number of hydrogen-bond donors (Lipinski definition) is 0. The second-order valence-corrected chi connectivity index (χ2v) is 4.41. The van der Waals surface area contributed by atoms with Crippen molar-refractivity contribution < 1.29 is 0 Å². The Balaban J connectivity index is 2.19. The van der Waals surface area contributed by atoms with Crippen molar-refractivity contribution in [3.05, 3.63) is 34.9 Å². The maximum Gasteiger partial charge on any atom is 0.0257 e. The number of benzene rings is 1. The van der Waals surface area contributed by atoms with Crippen LogP contribution in [0.2, 0.25) is 0 Å². The fraction of sp³-hybridized carbons (Fsp3) is 0.500. The van der Waals surface area contributed by atoms with Crippen molar-refractivity contribution >= 4 is 11.6 Å². The minimum atomic E-state index is 0.740. The van der Waals surface area contributed by atoms with E-state index in [-0.39, 0.29) is 0 Å². The van der Waals surface area contributed by atoms with Crippen LogP contribution in [0.1, 0.15) is 29.0 Å². The Kier molecular flexibility index (Phi) is 2.33. The molecular formula is C12H15Cl. The van der Waals surface area contributed by atoms with Gasteiger partial charge in [-0.25, -0.2) is 0 Å². The molecule has 0 nitrogen and oxygen atoms in total. The summed E-state index contributed by atoms with van der Waals surface area (Å²) in [6.45, 7) is 4.34. The summed E-state index contributed by atoms with van der Waals surface area (Å²) in [7, 11) is 0. The van der Waals surface area contributed by atoms with Gasteiger partial charge in [0, 0.05) is 5.88 Å². The van der Waals surface area contributed by atoms with E-state index >= 15 is 0 Å². The summed E-state index contributed by atoms with van der Waals surface area (Å²) in [5.74, 6) is 2.30. The second kappa shape index (κ2) is 3.34. The van der Waals surface area contributed by atoms with E-state index in [1.165, 1.54) is 23.1 Å². The Labute approximate surface area is 84.9 Å². The van der Waals surface area contributed by atoms with Gasteiger partial charge in [-0.05, 0) is 48.8 Å². The third kappa shape index (κ3) is 1.73. The molecule has 1 fully saturated rings. The lowest BCUT2D eigenvalue weighted by molar-refractivity contribution is 0.921. The third-order valence-electron chi connectivity index (χ3n) is 3.08. The first-order valence-corrected chi connectivity index (χ1v) is 5.39. The van der Waals surface area contributed by atoms with E-state index in [9.17, 15) is 0 Å². The summed E-state index contributed by atoms with van der Waals surface area (Å²) < 4.78 is 0. The molecule has 13 heavy (non-hydrogen) atoms.